The summed E-state index contributed by atoms with van der Waals surface area (Å²) in [6.07, 6.45) is 0.888. The van der Waals surface area contributed by atoms with Gasteiger partial charge in [0.1, 0.15) is 23.2 Å². The molecule has 0 amide bonds. The number of rotatable bonds is 8. The van der Waals surface area contributed by atoms with Gasteiger partial charge in [-0.15, -0.1) is 0 Å². The first-order valence-electron chi connectivity index (χ1n) is 9.63. The predicted octanol–water partition coefficient (Wildman–Crippen LogP) is 5.32. The Bertz CT molecular complexity index is 924. The van der Waals surface area contributed by atoms with Crippen molar-refractivity contribution in [2.75, 3.05) is 24.3 Å². The van der Waals surface area contributed by atoms with Crippen molar-refractivity contribution in [3.8, 4) is 5.75 Å². The zero-order chi connectivity index (χ0) is 19.9. The van der Waals surface area contributed by atoms with Gasteiger partial charge in [-0.25, -0.2) is 9.97 Å². The summed E-state index contributed by atoms with van der Waals surface area (Å²) in [4.78, 5) is 9.05. The van der Waals surface area contributed by atoms with Gasteiger partial charge in [-0.1, -0.05) is 44.2 Å². The van der Waals surface area contributed by atoms with Crippen LogP contribution in [0.25, 0.3) is 0 Å². The number of benzene rings is 2. The molecule has 0 fully saturated rings. The quantitative estimate of drug-likeness (QED) is 0.557. The summed E-state index contributed by atoms with van der Waals surface area (Å²) < 4.78 is 5.28. The smallest absolute Gasteiger partial charge is 0.136 e. The zero-order valence-corrected chi connectivity index (χ0v) is 17.0. The molecule has 0 radical (unpaired) electrons. The summed E-state index contributed by atoms with van der Waals surface area (Å²) in [7, 11) is 1.69. The number of nitrogens with one attached hydrogen (secondary N) is 2. The van der Waals surface area contributed by atoms with Crippen LogP contribution in [0.4, 0.5) is 17.3 Å². The second kappa shape index (κ2) is 9.22. The lowest BCUT2D eigenvalue weighted by Gasteiger charge is -2.15. The van der Waals surface area contributed by atoms with Gasteiger partial charge in [-0.05, 0) is 48.6 Å². The van der Waals surface area contributed by atoms with Crippen LogP contribution in [0.15, 0.2) is 54.6 Å². The minimum Gasteiger partial charge on any atom is -0.497 e. The Kier molecular flexibility index (Phi) is 6.48. The van der Waals surface area contributed by atoms with Crippen LogP contribution in [-0.4, -0.2) is 23.6 Å². The van der Waals surface area contributed by atoms with Gasteiger partial charge < -0.3 is 15.4 Å². The Morgan fingerprint density at radius 1 is 0.964 bits per heavy atom. The van der Waals surface area contributed by atoms with Gasteiger partial charge >= 0.3 is 0 Å². The Balaban J connectivity index is 1.68. The van der Waals surface area contributed by atoms with E-state index in [-0.39, 0.29) is 0 Å². The van der Waals surface area contributed by atoms with Crippen LogP contribution in [0.3, 0.4) is 0 Å². The maximum atomic E-state index is 5.28. The van der Waals surface area contributed by atoms with Gasteiger partial charge in [-0.2, -0.15) is 0 Å². The summed E-state index contributed by atoms with van der Waals surface area (Å²) in [6.45, 7) is 7.08. The normalized spacial score (nSPS) is 10.8. The molecule has 0 aliphatic rings. The lowest BCUT2D eigenvalue weighted by atomic mass is 10.0. The van der Waals surface area contributed by atoms with Crippen molar-refractivity contribution in [3.63, 3.8) is 0 Å². The first-order valence-corrected chi connectivity index (χ1v) is 9.63. The van der Waals surface area contributed by atoms with Gasteiger partial charge in [0, 0.05) is 18.3 Å². The van der Waals surface area contributed by atoms with Gasteiger partial charge in [0.25, 0.3) is 0 Å². The van der Waals surface area contributed by atoms with Crippen LogP contribution in [0.2, 0.25) is 0 Å². The minimum absolute atomic E-state index is 0.437. The second-order valence-electron chi connectivity index (χ2n) is 7.08. The van der Waals surface area contributed by atoms with Crippen LogP contribution in [-0.2, 0) is 6.42 Å². The third-order valence-corrected chi connectivity index (χ3v) is 4.54. The fourth-order valence-electron chi connectivity index (χ4n) is 3.14. The van der Waals surface area contributed by atoms with E-state index in [1.165, 1.54) is 11.1 Å². The molecule has 2 N–H and O–H groups in total. The van der Waals surface area contributed by atoms with Crippen molar-refractivity contribution >= 4 is 17.3 Å². The molecule has 5 heteroatoms. The molecule has 0 saturated carbocycles. The molecule has 5 nitrogen and oxygen atoms in total. The van der Waals surface area contributed by atoms with Crippen LogP contribution in [0.1, 0.15) is 36.7 Å². The average molecular weight is 377 g/mol. The van der Waals surface area contributed by atoms with E-state index in [9.17, 15) is 0 Å². The number of methoxy groups -OCH3 is 1. The Morgan fingerprint density at radius 3 is 2.54 bits per heavy atom. The summed E-state index contributed by atoms with van der Waals surface area (Å²) >= 11 is 0. The molecular formula is C23H28N4O. The maximum absolute atomic E-state index is 5.28. The number of nitrogens with zero attached hydrogens (tertiary/aromatic N) is 2. The number of anilines is 3. The van der Waals surface area contributed by atoms with Crippen LogP contribution >= 0.6 is 0 Å². The molecule has 0 spiro atoms. The lowest BCUT2D eigenvalue weighted by Crippen LogP contribution is -2.09. The first kappa shape index (κ1) is 19.7. The molecule has 146 valence electrons. The van der Waals surface area contributed by atoms with Crippen LogP contribution < -0.4 is 15.4 Å². The van der Waals surface area contributed by atoms with Crippen LogP contribution in [0.5, 0.6) is 5.75 Å². The molecular weight excluding hydrogens is 348 g/mol. The summed E-state index contributed by atoms with van der Waals surface area (Å²) in [5.41, 5.74) is 3.58. The van der Waals surface area contributed by atoms with Gasteiger partial charge in [0.2, 0.25) is 0 Å². The topological polar surface area (TPSA) is 59.1 Å². The van der Waals surface area contributed by atoms with E-state index in [0.29, 0.717) is 5.92 Å². The zero-order valence-electron chi connectivity index (χ0n) is 17.0. The Hall–Kier alpha value is -3.08. The summed E-state index contributed by atoms with van der Waals surface area (Å²) in [5, 5.41) is 6.85. The molecule has 3 aromatic rings. The van der Waals surface area contributed by atoms with Crippen molar-refractivity contribution in [1.82, 2.24) is 9.97 Å². The highest BCUT2D eigenvalue weighted by Gasteiger charge is 2.08. The highest BCUT2D eigenvalue weighted by Crippen LogP contribution is 2.26. The van der Waals surface area contributed by atoms with E-state index in [1.54, 1.807) is 7.11 Å². The molecule has 1 aromatic heterocycles. The number of ether oxygens (including phenoxy) is 1. The largest absolute Gasteiger partial charge is 0.497 e. The highest BCUT2D eigenvalue weighted by molar-refractivity contribution is 5.63. The average Bonchev–Trinajstić information content (AvgIpc) is 2.68. The molecule has 3 rings (SSSR count). The molecule has 28 heavy (non-hydrogen) atoms. The number of aromatic nitrogens is 2. The first-order chi connectivity index (χ1) is 13.5. The van der Waals surface area contributed by atoms with Gasteiger partial charge in [0.15, 0.2) is 0 Å². The molecule has 1 heterocycles. The van der Waals surface area contributed by atoms with E-state index in [4.69, 9.17) is 4.74 Å². The van der Waals surface area contributed by atoms with E-state index in [2.05, 4.69) is 64.8 Å². The van der Waals surface area contributed by atoms with E-state index in [0.717, 1.165) is 41.9 Å². The molecule has 2 aromatic carbocycles. The Morgan fingerprint density at radius 2 is 1.75 bits per heavy atom. The van der Waals surface area contributed by atoms with Crippen molar-refractivity contribution in [3.05, 3.63) is 71.5 Å². The standard InChI is InChI=1S/C23H28N4O/c1-16(2)20-10-5-6-11-21(20)27-23-15-22(25-17(3)26-23)24-13-12-18-8-7-9-19(14-18)28-4/h5-11,14-16H,12-13H2,1-4H3,(H2,24,25,26,27). The molecule has 0 saturated heterocycles. The number of aryl methyl sites for hydroxylation is 1. The summed E-state index contributed by atoms with van der Waals surface area (Å²) in [6, 6.07) is 18.4. The molecule has 0 unspecified atom stereocenters. The number of para-hydroxylation sites is 1. The third kappa shape index (κ3) is 5.22. The summed E-state index contributed by atoms with van der Waals surface area (Å²) in [5.74, 6) is 3.66. The van der Waals surface area contributed by atoms with Crippen LogP contribution in [0, 0.1) is 6.92 Å². The van der Waals surface area contributed by atoms with Crippen molar-refractivity contribution in [1.29, 1.82) is 0 Å². The number of hydrogen-bond acceptors (Lipinski definition) is 5. The molecule has 0 aliphatic carbocycles. The molecule has 0 atom stereocenters. The van der Waals surface area contributed by atoms with E-state index in [1.807, 2.05) is 31.2 Å². The monoisotopic (exact) mass is 376 g/mol. The van der Waals surface area contributed by atoms with Gasteiger partial charge in [0.05, 0.1) is 7.11 Å². The number of hydrogen-bond donors (Lipinski definition) is 2. The predicted molar refractivity (Wildman–Crippen MR) is 116 cm³/mol. The molecule has 0 aliphatic heterocycles. The third-order valence-electron chi connectivity index (χ3n) is 4.54. The second-order valence-corrected chi connectivity index (χ2v) is 7.08. The maximum Gasteiger partial charge on any atom is 0.136 e. The van der Waals surface area contributed by atoms with Crippen molar-refractivity contribution in [2.45, 2.75) is 33.1 Å². The van der Waals surface area contributed by atoms with E-state index >= 15 is 0 Å². The lowest BCUT2D eigenvalue weighted by molar-refractivity contribution is 0.414. The van der Waals surface area contributed by atoms with Gasteiger partial charge in [-0.3, -0.25) is 0 Å². The van der Waals surface area contributed by atoms with Crippen molar-refractivity contribution < 1.29 is 4.74 Å². The van der Waals surface area contributed by atoms with E-state index < -0.39 is 0 Å². The fraction of sp³-hybridized carbons (Fsp3) is 0.304. The highest BCUT2D eigenvalue weighted by atomic mass is 16.5. The van der Waals surface area contributed by atoms with Crippen molar-refractivity contribution in [2.24, 2.45) is 0 Å². The fourth-order valence-corrected chi connectivity index (χ4v) is 3.14. The Labute approximate surface area is 167 Å². The minimum atomic E-state index is 0.437. The SMILES string of the molecule is COc1cccc(CCNc2cc(Nc3ccccc3C(C)C)nc(C)n2)c1. The molecule has 0 bridgehead atoms.